The smallest absolute Gasteiger partial charge is 0.118 e. The minimum absolute atomic E-state index is 0.356. The van der Waals surface area contributed by atoms with Gasteiger partial charge in [-0.05, 0) is 30.7 Å². The Kier molecular flexibility index (Phi) is 5.73. The highest BCUT2D eigenvalue weighted by atomic mass is 16.5. The second-order valence-corrected chi connectivity index (χ2v) is 7.05. The average Bonchev–Trinajstić information content (AvgIpc) is 3.42. The molecule has 1 unspecified atom stereocenters. The number of ether oxygens (including phenoxy) is 2. The number of imidazole rings is 1. The number of benzene rings is 1. The maximum absolute atomic E-state index is 5.49. The van der Waals surface area contributed by atoms with E-state index in [0.29, 0.717) is 6.04 Å². The number of nitrogens with zero attached hydrogens (tertiary/aromatic N) is 4. The molecule has 1 saturated heterocycles. The van der Waals surface area contributed by atoms with Crippen LogP contribution < -0.4 is 4.74 Å². The van der Waals surface area contributed by atoms with E-state index < -0.39 is 0 Å². The maximum Gasteiger partial charge on any atom is 0.118 e. The molecule has 2 aromatic heterocycles. The zero-order chi connectivity index (χ0) is 19.3. The summed E-state index contributed by atoms with van der Waals surface area (Å²) in [7, 11) is 1.68. The van der Waals surface area contributed by atoms with Gasteiger partial charge in [-0.2, -0.15) is 5.10 Å². The third-order valence-electron chi connectivity index (χ3n) is 5.40. The third kappa shape index (κ3) is 3.81. The molecule has 148 valence electrons. The first kappa shape index (κ1) is 18.7. The Morgan fingerprint density at radius 2 is 1.96 bits per heavy atom. The van der Waals surface area contributed by atoms with Crippen LogP contribution in [0.4, 0.5) is 0 Å². The molecule has 1 fully saturated rings. The molecule has 3 heterocycles. The minimum atomic E-state index is 0.356. The summed E-state index contributed by atoms with van der Waals surface area (Å²) in [6, 6.07) is 8.37. The molecule has 0 spiro atoms. The Hall–Kier alpha value is -2.64. The van der Waals surface area contributed by atoms with Crippen LogP contribution in [0, 0.1) is 0 Å². The van der Waals surface area contributed by atoms with Crippen LogP contribution in [-0.4, -0.2) is 64.6 Å². The fraction of sp³-hybridized carbons (Fsp3) is 0.429. The first-order valence-corrected chi connectivity index (χ1v) is 9.80. The highest BCUT2D eigenvalue weighted by molar-refractivity contribution is 5.78. The van der Waals surface area contributed by atoms with Crippen LogP contribution in [0.3, 0.4) is 0 Å². The number of aromatic amines is 1. The van der Waals surface area contributed by atoms with E-state index in [-0.39, 0.29) is 0 Å². The first-order chi connectivity index (χ1) is 13.8. The molecular weight excluding hydrogens is 354 g/mol. The predicted octanol–water partition coefficient (Wildman–Crippen LogP) is 3.23. The van der Waals surface area contributed by atoms with Crippen LogP contribution in [0.5, 0.6) is 5.75 Å². The summed E-state index contributed by atoms with van der Waals surface area (Å²) < 4.78 is 13.0. The van der Waals surface area contributed by atoms with Crippen LogP contribution >= 0.6 is 0 Å². The standard InChI is InChI=1S/C21H27N5O2/c1-3-17(14-25-8-10-28-11-9-25)26-15-22-13-20(26)19-12-23-24-21(19)16-4-6-18(27-2)7-5-16/h4-7,12-13,15,17H,3,8-11,14H2,1-2H3,(H,23,24). The minimum Gasteiger partial charge on any atom is -0.497 e. The number of nitrogens with one attached hydrogen (secondary N) is 1. The molecule has 7 nitrogen and oxygen atoms in total. The molecule has 1 atom stereocenters. The lowest BCUT2D eigenvalue weighted by Crippen LogP contribution is -2.39. The lowest BCUT2D eigenvalue weighted by atomic mass is 10.1. The van der Waals surface area contributed by atoms with E-state index in [2.05, 4.69) is 31.6 Å². The van der Waals surface area contributed by atoms with Crippen LogP contribution in [0.2, 0.25) is 0 Å². The molecule has 1 aliphatic rings. The van der Waals surface area contributed by atoms with Crippen molar-refractivity contribution in [3.8, 4) is 28.3 Å². The lowest BCUT2D eigenvalue weighted by Gasteiger charge is -2.31. The summed E-state index contributed by atoms with van der Waals surface area (Å²) in [5, 5.41) is 7.47. The number of hydrogen-bond donors (Lipinski definition) is 1. The Balaban J connectivity index is 1.62. The number of methoxy groups -OCH3 is 1. The molecule has 1 aromatic carbocycles. The maximum atomic E-state index is 5.49. The normalized spacial score (nSPS) is 16.2. The van der Waals surface area contributed by atoms with Gasteiger partial charge in [0.2, 0.25) is 0 Å². The van der Waals surface area contributed by atoms with E-state index in [1.807, 2.05) is 43.0 Å². The first-order valence-electron chi connectivity index (χ1n) is 9.80. The highest BCUT2D eigenvalue weighted by Crippen LogP contribution is 2.33. The third-order valence-corrected chi connectivity index (χ3v) is 5.40. The highest BCUT2D eigenvalue weighted by Gasteiger charge is 2.21. The van der Waals surface area contributed by atoms with Crippen molar-refractivity contribution in [3.63, 3.8) is 0 Å². The van der Waals surface area contributed by atoms with Gasteiger partial charge in [0.15, 0.2) is 0 Å². The summed E-state index contributed by atoms with van der Waals surface area (Å²) in [5.74, 6) is 0.839. The summed E-state index contributed by atoms with van der Waals surface area (Å²) in [6.07, 6.45) is 6.79. The monoisotopic (exact) mass is 381 g/mol. The summed E-state index contributed by atoms with van der Waals surface area (Å²) >= 11 is 0. The van der Waals surface area contributed by atoms with Crippen molar-refractivity contribution in [3.05, 3.63) is 43.0 Å². The van der Waals surface area contributed by atoms with E-state index in [4.69, 9.17) is 9.47 Å². The number of aromatic nitrogens is 4. The average molecular weight is 381 g/mol. The van der Waals surface area contributed by atoms with Gasteiger partial charge in [-0.3, -0.25) is 10.00 Å². The largest absolute Gasteiger partial charge is 0.497 e. The molecule has 28 heavy (non-hydrogen) atoms. The van der Waals surface area contributed by atoms with Gasteiger partial charge in [-0.15, -0.1) is 0 Å². The van der Waals surface area contributed by atoms with Crippen molar-refractivity contribution in [2.24, 2.45) is 0 Å². The summed E-state index contributed by atoms with van der Waals surface area (Å²) in [4.78, 5) is 6.93. The molecule has 4 rings (SSSR count). The molecule has 0 bridgehead atoms. The Labute approximate surface area is 165 Å². The fourth-order valence-electron chi connectivity index (χ4n) is 3.76. The van der Waals surface area contributed by atoms with Gasteiger partial charge in [0.25, 0.3) is 0 Å². The SMILES string of the molecule is CCC(CN1CCOCC1)n1cncc1-c1cn[nH]c1-c1ccc(OC)cc1. The van der Waals surface area contributed by atoms with Crippen molar-refractivity contribution < 1.29 is 9.47 Å². The van der Waals surface area contributed by atoms with Crippen molar-refractivity contribution in [1.29, 1.82) is 0 Å². The van der Waals surface area contributed by atoms with Gasteiger partial charge in [0.1, 0.15) is 5.75 Å². The van der Waals surface area contributed by atoms with Crippen molar-refractivity contribution in [1.82, 2.24) is 24.6 Å². The molecule has 0 saturated carbocycles. The van der Waals surface area contributed by atoms with Gasteiger partial charge >= 0.3 is 0 Å². The second-order valence-electron chi connectivity index (χ2n) is 7.05. The molecule has 0 amide bonds. The van der Waals surface area contributed by atoms with Crippen LogP contribution in [0.25, 0.3) is 22.5 Å². The molecule has 3 aromatic rings. The molecule has 0 aliphatic carbocycles. The van der Waals surface area contributed by atoms with Crippen molar-refractivity contribution in [2.75, 3.05) is 40.0 Å². The second kappa shape index (κ2) is 8.58. The number of hydrogen-bond acceptors (Lipinski definition) is 5. The number of morpholine rings is 1. The Bertz CT molecular complexity index is 880. The molecule has 1 aliphatic heterocycles. The number of rotatable bonds is 7. The van der Waals surface area contributed by atoms with Gasteiger partial charge in [0.05, 0.1) is 50.4 Å². The quantitative estimate of drug-likeness (QED) is 0.681. The summed E-state index contributed by atoms with van der Waals surface area (Å²) in [6.45, 7) is 6.84. The van der Waals surface area contributed by atoms with Crippen molar-refractivity contribution in [2.45, 2.75) is 19.4 Å². The molecule has 1 N–H and O–H groups in total. The molecule has 0 radical (unpaired) electrons. The van der Waals surface area contributed by atoms with E-state index in [0.717, 1.165) is 67.5 Å². The lowest BCUT2D eigenvalue weighted by molar-refractivity contribution is 0.0313. The van der Waals surface area contributed by atoms with E-state index in [9.17, 15) is 0 Å². The van der Waals surface area contributed by atoms with Crippen molar-refractivity contribution >= 4 is 0 Å². The Morgan fingerprint density at radius 3 is 2.68 bits per heavy atom. The Morgan fingerprint density at radius 1 is 1.18 bits per heavy atom. The fourth-order valence-corrected chi connectivity index (χ4v) is 3.76. The van der Waals surface area contributed by atoms with Gasteiger partial charge in [0, 0.05) is 36.8 Å². The van der Waals surface area contributed by atoms with Crippen LogP contribution in [-0.2, 0) is 4.74 Å². The molecule has 7 heteroatoms. The topological polar surface area (TPSA) is 68.2 Å². The van der Waals surface area contributed by atoms with Crippen LogP contribution in [0.1, 0.15) is 19.4 Å². The number of H-pyrrole nitrogens is 1. The van der Waals surface area contributed by atoms with E-state index in [1.165, 1.54) is 0 Å². The zero-order valence-electron chi connectivity index (χ0n) is 16.5. The van der Waals surface area contributed by atoms with Gasteiger partial charge < -0.3 is 14.0 Å². The van der Waals surface area contributed by atoms with Crippen LogP contribution in [0.15, 0.2) is 43.0 Å². The molecular formula is C21H27N5O2. The van der Waals surface area contributed by atoms with E-state index >= 15 is 0 Å². The predicted molar refractivity (Wildman–Crippen MR) is 108 cm³/mol. The zero-order valence-corrected chi connectivity index (χ0v) is 16.5. The van der Waals surface area contributed by atoms with Gasteiger partial charge in [-0.1, -0.05) is 6.92 Å². The summed E-state index contributed by atoms with van der Waals surface area (Å²) in [5.41, 5.74) is 4.20. The van der Waals surface area contributed by atoms with Gasteiger partial charge in [-0.25, -0.2) is 4.98 Å². The van der Waals surface area contributed by atoms with E-state index in [1.54, 1.807) is 7.11 Å².